The number of aryl methyl sites for hydroxylation is 2. The number of hydrogen-bond donors (Lipinski definition) is 1. The molecule has 1 heterocycles. The molecule has 25 heavy (non-hydrogen) atoms. The Labute approximate surface area is 156 Å². The number of rotatable bonds is 3. The van der Waals surface area contributed by atoms with E-state index in [1.165, 1.54) is 0 Å². The first-order valence-corrected chi connectivity index (χ1v) is 9.09. The molecule has 5 heteroatoms. The first-order valence-electron chi connectivity index (χ1n) is 8.30. The number of carbonyl (C=O) groups is 2. The molecule has 2 aromatic rings. The Kier molecular flexibility index (Phi) is 4.95. The molecule has 1 aliphatic rings. The quantitative estimate of drug-likeness (QED) is 0.831. The second-order valence-electron chi connectivity index (χ2n) is 6.57. The maximum atomic E-state index is 12.6. The largest absolute Gasteiger partial charge is 0.326 e. The predicted octanol–water partition coefficient (Wildman–Crippen LogP) is 4.37. The Morgan fingerprint density at radius 2 is 1.92 bits per heavy atom. The molecule has 2 aromatic carbocycles. The standard InChI is InChI=1S/C20H21BrN2O2/c1-12-5-4-6-18(14(12)3)23-11-15(10-19(23)24)20(25)22-17-8-7-16(21)9-13(17)2/h4-9,15H,10-11H2,1-3H3,(H,22,25)/t15-/m0/s1. The van der Waals surface area contributed by atoms with Crippen LogP contribution in [0.3, 0.4) is 0 Å². The Hall–Kier alpha value is -2.14. The topological polar surface area (TPSA) is 49.4 Å². The minimum absolute atomic E-state index is 0.00128. The summed E-state index contributed by atoms with van der Waals surface area (Å²) < 4.78 is 0.972. The summed E-state index contributed by atoms with van der Waals surface area (Å²) in [7, 11) is 0. The van der Waals surface area contributed by atoms with Crippen LogP contribution in [0.1, 0.15) is 23.1 Å². The fourth-order valence-electron chi connectivity index (χ4n) is 3.15. The highest BCUT2D eigenvalue weighted by Crippen LogP contribution is 2.30. The molecule has 0 unspecified atom stereocenters. The van der Waals surface area contributed by atoms with Crippen molar-refractivity contribution in [1.29, 1.82) is 0 Å². The molecule has 0 saturated carbocycles. The summed E-state index contributed by atoms with van der Waals surface area (Å²) >= 11 is 3.42. The number of carbonyl (C=O) groups excluding carboxylic acids is 2. The molecule has 2 amide bonds. The average molecular weight is 401 g/mol. The predicted molar refractivity (Wildman–Crippen MR) is 104 cm³/mol. The van der Waals surface area contributed by atoms with E-state index in [-0.39, 0.29) is 24.2 Å². The molecular formula is C20H21BrN2O2. The van der Waals surface area contributed by atoms with Gasteiger partial charge in [0, 0.05) is 28.8 Å². The van der Waals surface area contributed by atoms with Crippen LogP contribution in [0.2, 0.25) is 0 Å². The van der Waals surface area contributed by atoms with E-state index in [1.54, 1.807) is 4.90 Å². The maximum absolute atomic E-state index is 12.6. The lowest BCUT2D eigenvalue weighted by molar-refractivity contribution is -0.122. The van der Waals surface area contributed by atoms with E-state index in [2.05, 4.69) is 21.2 Å². The van der Waals surface area contributed by atoms with E-state index in [9.17, 15) is 9.59 Å². The lowest BCUT2D eigenvalue weighted by atomic mass is 10.1. The zero-order valence-corrected chi connectivity index (χ0v) is 16.2. The van der Waals surface area contributed by atoms with Crippen LogP contribution in [0, 0.1) is 26.7 Å². The number of amides is 2. The van der Waals surface area contributed by atoms with Gasteiger partial charge in [-0.25, -0.2) is 0 Å². The first kappa shape index (κ1) is 17.7. The van der Waals surface area contributed by atoms with E-state index in [4.69, 9.17) is 0 Å². The molecule has 1 N–H and O–H groups in total. The molecule has 0 bridgehead atoms. The molecule has 1 atom stereocenters. The van der Waals surface area contributed by atoms with E-state index < -0.39 is 0 Å². The number of nitrogens with zero attached hydrogens (tertiary/aromatic N) is 1. The van der Waals surface area contributed by atoms with Crippen LogP contribution >= 0.6 is 15.9 Å². The second kappa shape index (κ2) is 7.00. The van der Waals surface area contributed by atoms with Crippen LogP contribution in [-0.2, 0) is 9.59 Å². The van der Waals surface area contributed by atoms with Gasteiger partial charge < -0.3 is 10.2 Å². The molecule has 130 valence electrons. The molecule has 0 radical (unpaired) electrons. The Balaban J connectivity index is 1.75. The number of anilines is 2. The van der Waals surface area contributed by atoms with Gasteiger partial charge in [0.15, 0.2) is 0 Å². The Morgan fingerprint density at radius 1 is 1.16 bits per heavy atom. The normalized spacial score (nSPS) is 17.0. The van der Waals surface area contributed by atoms with Crippen molar-refractivity contribution in [3.63, 3.8) is 0 Å². The SMILES string of the molecule is Cc1cc(Br)ccc1NC(=O)[C@H]1CC(=O)N(c2cccc(C)c2C)C1. The molecular weight excluding hydrogens is 380 g/mol. The highest BCUT2D eigenvalue weighted by molar-refractivity contribution is 9.10. The first-order chi connectivity index (χ1) is 11.9. The van der Waals surface area contributed by atoms with Gasteiger partial charge in [-0.3, -0.25) is 9.59 Å². The van der Waals surface area contributed by atoms with Crippen molar-refractivity contribution >= 4 is 39.1 Å². The van der Waals surface area contributed by atoms with Gasteiger partial charge in [-0.1, -0.05) is 28.1 Å². The smallest absolute Gasteiger partial charge is 0.229 e. The van der Waals surface area contributed by atoms with Gasteiger partial charge in [-0.05, 0) is 61.7 Å². The summed E-state index contributed by atoms with van der Waals surface area (Å²) in [4.78, 5) is 26.8. The minimum atomic E-state index is -0.338. The van der Waals surface area contributed by atoms with Crippen LogP contribution in [0.5, 0.6) is 0 Å². The van der Waals surface area contributed by atoms with Gasteiger partial charge in [-0.15, -0.1) is 0 Å². The third kappa shape index (κ3) is 3.61. The van der Waals surface area contributed by atoms with Crippen molar-refractivity contribution in [2.75, 3.05) is 16.8 Å². The van der Waals surface area contributed by atoms with Gasteiger partial charge in [-0.2, -0.15) is 0 Å². The number of halogens is 1. The van der Waals surface area contributed by atoms with Gasteiger partial charge in [0.1, 0.15) is 0 Å². The van der Waals surface area contributed by atoms with Crippen molar-refractivity contribution in [2.24, 2.45) is 5.92 Å². The summed E-state index contributed by atoms with van der Waals surface area (Å²) in [5.74, 6) is -0.441. The van der Waals surface area contributed by atoms with Crippen molar-refractivity contribution in [3.8, 4) is 0 Å². The van der Waals surface area contributed by atoms with Crippen molar-refractivity contribution in [1.82, 2.24) is 0 Å². The fourth-order valence-corrected chi connectivity index (χ4v) is 3.62. The highest BCUT2D eigenvalue weighted by Gasteiger charge is 2.35. The summed E-state index contributed by atoms with van der Waals surface area (Å²) in [5.41, 5.74) is 4.90. The molecule has 4 nitrogen and oxygen atoms in total. The number of benzene rings is 2. The van der Waals surface area contributed by atoms with Crippen LogP contribution < -0.4 is 10.2 Å². The van der Waals surface area contributed by atoms with E-state index >= 15 is 0 Å². The van der Waals surface area contributed by atoms with Crippen LogP contribution in [0.15, 0.2) is 40.9 Å². The monoisotopic (exact) mass is 400 g/mol. The molecule has 0 spiro atoms. The lowest BCUT2D eigenvalue weighted by Gasteiger charge is -2.20. The maximum Gasteiger partial charge on any atom is 0.229 e. The molecule has 1 fully saturated rings. The number of nitrogens with one attached hydrogen (secondary N) is 1. The third-order valence-electron chi connectivity index (χ3n) is 4.81. The molecule has 0 aliphatic carbocycles. The van der Waals surface area contributed by atoms with E-state index in [0.717, 1.165) is 32.5 Å². The Bertz CT molecular complexity index is 848. The lowest BCUT2D eigenvalue weighted by Crippen LogP contribution is -2.28. The molecule has 1 aliphatic heterocycles. The summed E-state index contributed by atoms with van der Waals surface area (Å²) in [6.45, 7) is 6.41. The third-order valence-corrected chi connectivity index (χ3v) is 5.30. The van der Waals surface area contributed by atoms with Gasteiger partial charge >= 0.3 is 0 Å². The van der Waals surface area contributed by atoms with Crippen LogP contribution in [0.4, 0.5) is 11.4 Å². The number of hydrogen-bond acceptors (Lipinski definition) is 2. The Morgan fingerprint density at radius 3 is 2.64 bits per heavy atom. The fraction of sp³-hybridized carbons (Fsp3) is 0.300. The summed E-state index contributed by atoms with van der Waals surface area (Å²) in [6.07, 6.45) is 0.245. The van der Waals surface area contributed by atoms with Crippen LogP contribution in [0.25, 0.3) is 0 Å². The van der Waals surface area contributed by atoms with Crippen LogP contribution in [-0.4, -0.2) is 18.4 Å². The van der Waals surface area contributed by atoms with Crippen molar-refractivity contribution in [2.45, 2.75) is 27.2 Å². The highest BCUT2D eigenvalue weighted by atomic mass is 79.9. The zero-order valence-electron chi connectivity index (χ0n) is 14.6. The average Bonchev–Trinajstić information content (AvgIpc) is 2.94. The van der Waals surface area contributed by atoms with Gasteiger partial charge in [0.25, 0.3) is 0 Å². The molecule has 1 saturated heterocycles. The summed E-state index contributed by atoms with van der Waals surface area (Å²) in [6, 6.07) is 11.6. The zero-order chi connectivity index (χ0) is 18.1. The molecule has 3 rings (SSSR count). The van der Waals surface area contributed by atoms with Gasteiger partial charge in [0.05, 0.1) is 5.92 Å². The van der Waals surface area contributed by atoms with E-state index in [0.29, 0.717) is 6.54 Å². The van der Waals surface area contributed by atoms with Gasteiger partial charge in [0.2, 0.25) is 11.8 Å². The second-order valence-corrected chi connectivity index (χ2v) is 7.49. The minimum Gasteiger partial charge on any atom is -0.326 e. The van der Waals surface area contributed by atoms with E-state index in [1.807, 2.05) is 57.2 Å². The van der Waals surface area contributed by atoms with Crippen molar-refractivity contribution in [3.05, 3.63) is 57.6 Å². The molecule has 0 aromatic heterocycles. The van der Waals surface area contributed by atoms with Crippen molar-refractivity contribution < 1.29 is 9.59 Å². The summed E-state index contributed by atoms with van der Waals surface area (Å²) in [5, 5.41) is 2.96.